The van der Waals surface area contributed by atoms with E-state index < -0.39 is 11.7 Å². The van der Waals surface area contributed by atoms with Crippen LogP contribution in [0.2, 0.25) is 0 Å². The maximum atomic E-state index is 11.9. The van der Waals surface area contributed by atoms with Crippen molar-refractivity contribution in [1.82, 2.24) is 5.32 Å². The van der Waals surface area contributed by atoms with Gasteiger partial charge in [-0.1, -0.05) is 31.4 Å². The Balaban J connectivity index is 2.94. The molecule has 0 aromatic carbocycles. The third-order valence-electron chi connectivity index (χ3n) is 3.20. The largest absolute Gasteiger partial charge is 0.444 e. The van der Waals surface area contributed by atoms with Crippen LogP contribution >= 0.6 is 0 Å². The summed E-state index contributed by atoms with van der Waals surface area (Å²) in [6.45, 7) is 15.3. The molecule has 1 aliphatic carbocycles. The quantitative estimate of drug-likeness (QED) is 0.834. The Kier molecular flexibility index (Phi) is 5.37. The van der Waals surface area contributed by atoms with Crippen molar-refractivity contribution >= 4 is 6.09 Å². The van der Waals surface area contributed by atoms with Crippen LogP contribution in [0.25, 0.3) is 0 Å². The highest BCUT2D eigenvalue weighted by Gasteiger charge is 2.26. The number of alkyl carbamates (subject to hydrolysis) is 1. The van der Waals surface area contributed by atoms with E-state index in [1.807, 2.05) is 33.8 Å². The molecule has 1 aliphatic rings. The van der Waals surface area contributed by atoms with E-state index in [9.17, 15) is 4.79 Å². The number of nitrogens with one attached hydrogen (secondary N) is 1. The predicted molar refractivity (Wildman–Crippen MR) is 83.6 cm³/mol. The molecule has 3 nitrogen and oxygen atoms in total. The van der Waals surface area contributed by atoms with Gasteiger partial charge in [-0.3, -0.25) is 0 Å². The molecule has 0 fully saturated rings. The number of hydrogen-bond acceptors (Lipinski definition) is 2. The Morgan fingerprint density at radius 3 is 2.45 bits per heavy atom. The van der Waals surface area contributed by atoms with E-state index in [0.717, 1.165) is 24.0 Å². The molecule has 0 aromatic heterocycles. The molecule has 0 aromatic rings. The van der Waals surface area contributed by atoms with E-state index in [2.05, 4.69) is 24.6 Å². The van der Waals surface area contributed by atoms with E-state index in [1.54, 1.807) is 6.08 Å². The fraction of sp³-hybridized carbons (Fsp3) is 0.471. The zero-order valence-electron chi connectivity index (χ0n) is 13.0. The summed E-state index contributed by atoms with van der Waals surface area (Å²) in [5.41, 5.74) is 2.82. The fourth-order valence-corrected chi connectivity index (χ4v) is 2.36. The summed E-state index contributed by atoms with van der Waals surface area (Å²) >= 11 is 0. The van der Waals surface area contributed by atoms with Crippen molar-refractivity contribution in [2.45, 2.75) is 52.2 Å². The lowest BCUT2D eigenvalue weighted by molar-refractivity contribution is 0.0510. The van der Waals surface area contributed by atoms with Crippen LogP contribution in [-0.4, -0.2) is 17.7 Å². The van der Waals surface area contributed by atoms with E-state index in [4.69, 9.17) is 4.74 Å². The van der Waals surface area contributed by atoms with Gasteiger partial charge in [0.05, 0.1) is 6.04 Å². The number of hydrogen-bond donors (Lipinski definition) is 1. The summed E-state index contributed by atoms with van der Waals surface area (Å²) in [5.74, 6) is 0. The van der Waals surface area contributed by atoms with Gasteiger partial charge in [0.15, 0.2) is 0 Å². The van der Waals surface area contributed by atoms with Gasteiger partial charge in [0.1, 0.15) is 5.60 Å². The Hall–Kier alpha value is -1.77. The maximum Gasteiger partial charge on any atom is 0.408 e. The molecule has 0 heterocycles. The molecule has 0 bridgehead atoms. The normalized spacial score (nSPS) is 21.6. The summed E-state index contributed by atoms with van der Waals surface area (Å²) in [6, 6.07) is -0.0703. The second-order valence-corrected chi connectivity index (χ2v) is 5.83. The van der Waals surface area contributed by atoms with Crippen LogP contribution in [0, 0.1) is 0 Å². The molecule has 0 radical (unpaired) electrons. The van der Waals surface area contributed by atoms with Crippen molar-refractivity contribution in [3.05, 3.63) is 48.1 Å². The van der Waals surface area contributed by atoms with Gasteiger partial charge < -0.3 is 10.1 Å². The summed E-state index contributed by atoms with van der Waals surface area (Å²) in [4.78, 5) is 11.9. The standard InChI is InChI=1S/C17H25NO2/c1-7-12-10-11-15(14(9-3)13(12)8-2)18-16(19)20-17(4,5)6/h7-9,15H,2-3,10-11H2,1,4-6H3,(H,18,19)/b12-7+. The molecule has 1 amide bonds. The molecular formula is C17H25NO2. The molecule has 0 saturated heterocycles. The van der Waals surface area contributed by atoms with Crippen molar-refractivity contribution in [2.75, 3.05) is 0 Å². The molecule has 1 rings (SSSR count). The highest BCUT2D eigenvalue weighted by molar-refractivity contribution is 5.69. The van der Waals surface area contributed by atoms with Crippen molar-refractivity contribution in [1.29, 1.82) is 0 Å². The Bertz CT molecular complexity index is 464. The van der Waals surface area contributed by atoms with Crippen molar-refractivity contribution in [3.8, 4) is 0 Å². The predicted octanol–water partition coefficient (Wildman–Crippen LogP) is 4.29. The monoisotopic (exact) mass is 275 g/mol. The number of rotatable bonds is 3. The Labute approximate surface area is 122 Å². The first kappa shape index (κ1) is 16.3. The molecule has 0 spiro atoms. The third kappa shape index (κ3) is 4.12. The minimum atomic E-state index is -0.493. The minimum absolute atomic E-state index is 0.0703. The molecule has 110 valence electrons. The fourth-order valence-electron chi connectivity index (χ4n) is 2.36. The number of amides is 1. The van der Waals surface area contributed by atoms with Crippen LogP contribution < -0.4 is 5.32 Å². The van der Waals surface area contributed by atoms with Crippen LogP contribution in [-0.2, 0) is 4.74 Å². The Morgan fingerprint density at radius 1 is 1.35 bits per heavy atom. The van der Waals surface area contributed by atoms with Crippen LogP contribution in [0.1, 0.15) is 40.5 Å². The molecule has 1 atom stereocenters. The molecule has 0 saturated carbocycles. The number of carbonyl (C=O) groups is 1. The minimum Gasteiger partial charge on any atom is -0.444 e. The van der Waals surface area contributed by atoms with E-state index in [1.165, 1.54) is 5.57 Å². The van der Waals surface area contributed by atoms with Gasteiger partial charge in [-0.05, 0) is 57.3 Å². The molecule has 0 aliphatic heterocycles. The highest BCUT2D eigenvalue weighted by atomic mass is 16.6. The first-order valence-corrected chi connectivity index (χ1v) is 6.96. The van der Waals surface area contributed by atoms with Crippen LogP contribution in [0.4, 0.5) is 4.79 Å². The van der Waals surface area contributed by atoms with E-state index in [0.29, 0.717) is 0 Å². The maximum absolute atomic E-state index is 11.9. The lowest BCUT2D eigenvalue weighted by Gasteiger charge is -2.29. The van der Waals surface area contributed by atoms with Crippen molar-refractivity contribution in [2.24, 2.45) is 0 Å². The average Bonchev–Trinajstić information content (AvgIpc) is 2.35. The van der Waals surface area contributed by atoms with E-state index in [-0.39, 0.29) is 6.04 Å². The molecule has 20 heavy (non-hydrogen) atoms. The second kappa shape index (κ2) is 6.60. The molecule has 1 unspecified atom stereocenters. The van der Waals surface area contributed by atoms with Crippen LogP contribution in [0.5, 0.6) is 0 Å². The van der Waals surface area contributed by atoms with Crippen LogP contribution in [0.15, 0.2) is 48.1 Å². The molecule has 3 heteroatoms. The SMILES string of the molecule is C=CC1=C(C=C)C(NC(=O)OC(C)(C)C)CC/C1=C\C. The smallest absolute Gasteiger partial charge is 0.408 e. The summed E-state index contributed by atoms with van der Waals surface area (Å²) < 4.78 is 5.31. The van der Waals surface area contributed by atoms with Gasteiger partial charge in [0.2, 0.25) is 0 Å². The van der Waals surface area contributed by atoms with Crippen molar-refractivity contribution in [3.63, 3.8) is 0 Å². The number of allylic oxidation sites excluding steroid dienone is 4. The molecular weight excluding hydrogens is 250 g/mol. The third-order valence-corrected chi connectivity index (χ3v) is 3.20. The zero-order chi connectivity index (χ0) is 15.3. The topological polar surface area (TPSA) is 38.3 Å². The van der Waals surface area contributed by atoms with Gasteiger partial charge in [-0.2, -0.15) is 0 Å². The molecule has 1 N–H and O–H groups in total. The zero-order valence-corrected chi connectivity index (χ0v) is 13.0. The summed E-state index contributed by atoms with van der Waals surface area (Å²) in [7, 11) is 0. The lowest BCUT2D eigenvalue weighted by atomic mass is 9.84. The number of carbonyl (C=O) groups excluding carboxylic acids is 1. The van der Waals surface area contributed by atoms with E-state index >= 15 is 0 Å². The van der Waals surface area contributed by atoms with Gasteiger partial charge >= 0.3 is 6.09 Å². The first-order valence-electron chi connectivity index (χ1n) is 6.96. The first-order chi connectivity index (χ1) is 9.32. The van der Waals surface area contributed by atoms with Crippen molar-refractivity contribution < 1.29 is 9.53 Å². The van der Waals surface area contributed by atoms with Gasteiger partial charge in [-0.15, -0.1) is 0 Å². The van der Waals surface area contributed by atoms with Gasteiger partial charge in [-0.25, -0.2) is 4.79 Å². The summed E-state index contributed by atoms with van der Waals surface area (Å²) in [5, 5.41) is 2.92. The number of ether oxygens (including phenoxy) is 1. The highest BCUT2D eigenvalue weighted by Crippen LogP contribution is 2.31. The van der Waals surface area contributed by atoms with Crippen LogP contribution in [0.3, 0.4) is 0 Å². The average molecular weight is 275 g/mol. The Morgan fingerprint density at radius 2 is 2.00 bits per heavy atom. The lowest BCUT2D eigenvalue weighted by Crippen LogP contribution is -2.41. The second-order valence-electron chi connectivity index (χ2n) is 5.83. The van der Waals surface area contributed by atoms with Gasteiger partial charge in [0.25, 0.3) is 0 Å². The van der Waals surface area contributed by atoms with Gasteiger partial charge in [0, 0.05) is 0 Å². The summed E-state index contributed by atoms with van der Waals surface area (Å²) in [6.07, 6.45) is 7.07.